The molecule has 5 nitrogen and oxygen atoms in total. The normalized spacial score (nSPS) is 10.3. The molecule has 0 heterocycles. The zero-order chi connectivity index (χ0) is 10.8. The third-order valence-electron chi connectivity index (χ3n) is 1.56. The Morgan fingerprint density at radius 1 is 1.27 bits per heavy atom. The molecule has 0 aliphatic carbocycles. The van der Waals surface area contributed by atoms with Gasteiger partial charge in [-0.1, -0.05) is 0 Å². The summed E-state index contributed by atoms with van der Waals surface area (Å²) in [7, 11) is -3.25. The third-order valence-corrected chi connectivity index (χ3v) is 2.41. The molecule has 0 saturated carbocycles. The van der Waals surface area contributed by atoms with Gasteiger partial charge in [0.25, 0.3) is 0 Å². The van der Waals surface area contributed by atoms with Crippen LogP contribution in [0.15, 0.2) is 29.2 Å². The van der Waals surface area contributed by atoms with E-state index in [0.29, 0.717) is 0 Å². The number of carbonyl (C=O) groups excluding carboxylic acids is 1. The zero-order valence-electron chi connectivity index (χ0n) is 8.26. The van der Waals surface area contributed by atoms with Gasteiger partial charge in [0.05, 0.1) is 17.6 Å². The van der Waals surface area contributed by atoms with Crippen molar-refractivity contribution in [3.63, 3.8) is 0 Å². The minimum Gasteiger partial charge on any atom is -0.744 e. The summed E-state index contributed by atoms with van der Waals surface area (Å²) in [6.07, 6.45) is 0. The smallest absolute Gasteiger partial charge is 0.744 e. The van der Waals surface area contributed by atoms with E-state index in [1.807, 2.05) is 0 Å². The number of hydrogen-bond donors (Lipinski definition) is 0. The number of hydrogen-bond acceptors (Lipinski definition) is 5. The minimum absolute atomic E-state index is 0. The van der Waals surface area contributed by atoms with Crippen molar-refractivity contribution in [3.05, 3.63) is 29.8 Å². The maximum absolute atomic E-state index is 10.9. The predicted octanol–water partition coefficient (Wildman–Crippen LogP) is -2.62. The molecule has 0 N–H and O–H groups in total. The molecule has 0 bridgehead atoms. The Balaban J connectivity index is 0.00000196. The van der Waals surface area contributed by atoms with Gasteiger partial charge in [-0.15, -0.1) is 0 Å². The van der Waals surface area contributed by atoms with E-state index < -0.39 is 16.1 Å². The molecule has 1 aromatic carbocycles. The Labute approximate surface area is 109 Å². The first-order chi connectivity index (χ1) is 6.45. The third kappa shape index (κ3) is 3.92. The molecule has 0 aromatic heterocycles. The quantitative estimate of drug-likeness (QED) is 0.320. The number of ether oxygens (including phenoxy) is 1. The summed E-state index contributed by atoms with van der Waals surface area (Å²) in [4.78, 5) is 10.6. The molecule has 0 radical (unpaired) electrons. The van der Waals surface area contributed by atoms with Gasteiger partial charge < -0.3 is 9.29 Å². The minimum atomic E-state index is -4.45. The standard InChI is InChI=1S/C8H8O5S.Na/c1-13-8(9)6-2-4-7(5-3-6)14(10,11)12;/h2-5H,1H3,(H,10,11,12);/q;+1/p-1. The molecule has 0 fully saturated rings. The summed E-state index contributed by atoms with van der Waals surface area (Å²) < 4.78 is 35.9. The predicted molar refractivity (Wildman–Crippen MR) is 45.7 cm³/mol. The van der Waals surface area contributed by atoms with Crippen LogP contribution in [-0.2, 0) is 14.9 Å². The molecule has 0 unspecified atom stereocenters. The molecule has 1 aromatic rings. The molecule has 0 amide bonds. The largest absolute Gasteiger partial charge is 1.00 e. The average molecular weight is 238 g/mol. The molecule has 0 spiro atoms. The Morgan fingerprint density at radius 2 is 1.73 bits per heavy atom. The maximum atomic E-state index is 10.9. The van der Waals surface area contributed by atoms with E-state index >= 15 is 0 Å². The Bertz CT molecular complexity index is 437. The van der Waals surface area contributed by atoms with Crippen molar-refractivity contribution in [2.45, 2.75) is 4.90 Å². The molecular weight excluding hydrogens is 231 g/mol. The second-order valence-corrected chi connectivity index (χ2v) is 3.85. The first-order valence-corrected chi connectivity index (χ1v) is 5.00. The van der Waals surface area contributed by atoms with Crippen LogP contribution in [0.2, 0.25) is 0 Å². The number of benzene rings is 1. The van der Waals surface area contributed by atoms with Crippen LogP contribution in [0.4, 0.5) is 0 Å². The van der Waals surface area contributed by atoms with Gasteiger partial charge in [0.1, 0.15) is 10.1 Å². The summed E-state index contributed by atoms with van der Waals surface area (Å²) in [5.41, 5.74) is 0.194. The van der Waals surface area contributed by atoms with Crippen LogP contribution in [0.1, 0.15) is 10.4 Å². The fourth-order valence-corrected chi connectivity index (χ4v) is 1.34. The fraction of sp³-hybridized carbons (Fsp3) is 0.125. The molecule has 76 valence electrons. The van der Waals surface area contributed by atoms with Gasteiger partial charge in [0.2, 0.25) is 0 Å². The van der Waals surface area contributed by atoms with Crippen LogP contribution < -0.4 is 29.6 Å². The number of rotatable bonds is 2. The van der Waals surface area contributed by atoms with Gasteiger partial charge in [0.15, 0.2) is 0 Å². The van der Waals surface area contributed by atoms with Crippen molar-refractivity contribution in [2.75, 3.05) is 7.11 Å². The van der Waals surface area contributed by atoms with Crippen molar-refractivity contribution in [2.24, 2.45) is 0 Å². The fourth-order valence-electron chi connectivity index (χ4n) is 0.876. The first kappa shape index (κ1) is 14.6. The molecule has 15 heavy (non-hydrogen) atoms. The van der Waals surface area contributed by atoms with E-state index in [4.69, 9.17) is 0 Å². The second kappa shape index (κ2) is 5.62. The van der Waals surface area contributed by atoms with Gasteiger partial charge in [-0.2, -0.15) is 0 Å². The number of esters is 1. The molecule has 1 rings (SSSR count). The van der Waals surface area contributed by atoms with Gasteiger partial charge in [-0.05, 0) is 24.3 Å². The summed E-state index contributed by atoms with van der Waals surface area (Å²) in [5.74, 6) is -0.583. The van der Waals surface area contributed by atoms with Crippen LogP contribution in [0.25, 0.3) is 0 Å². The van der Waals surface area contributed by atoms with E-state index in [-0.39, 0.29) is 40.0 Å². The second-order valence-electron chi connectivity index (χ2n) is 2.47. The number of carbonyl (C=O) groups is 1. The van der Waals surface area contributed by atoms with Crippen molar-refractivity contribution in [1.29, 1.82) is 0 Å². The Kier molecular flexibility index (Phi) is 5.47. The summed E-state index contributed by atoms with van der Waals surface area (Å²) in [6, 6.07) is 4.57. The molecule has 0 atom stereocenters. The average Bonchev–Trinajstić information content (AvgIpc) is 2.15. The van der Waals surface area contributed by atoms with Gasteiger partial charge in [0, 0.05) is 0 Å². The monoisotopic (exact) mass is 238 g/mol. The SMILES string of the molecule is COC(=O)c1ccc(S(=O)(=O)[O-])cc1.[Na+]. The van der Waals surface area contributed by atoms with E-state index in [2.05, 4.69) is 4.74 Å². The Morgan fingerprint density at radius 3 is 2.07 bits per heavy atom. The van der Waals surface area contributed by atoms with Crippen LogP contribution >= 0.6 is 0 Å². The van der Waals surface area contributed by atoms with E-state index in [1.165, 1.54) is 19.2 Å². The molecule has 7 heteroatoms. The maximum Gasteiger partial charge on any atom is 1.00 e. The zero-order valence-corrected chi connectivity index (χ0v) is 11.1. The number of methoxy groups -OCH3 is 1. The topological polar surface area (TPSA) is 83.5 Å². The van der Waals surface area contributed by atoms with E-state index in [9.17, 15) is 17.8 Å². The molecule has 0 aliphatic heterocycles. The first-order valence-electron chi connectivity index (χ1n) is 3.59. The van der Waals surface area contributed by atoms with Gasteiger partial charge in [-0.25, -0.2) is 13.2 Å². The summed E-state index contributed by atoms with van der Waals surface area (Å²) >= 11 is 0. The van der Waals surface area contributed by atoms with Crippen molar-refractivity contribution in [1.82, 2.24) is 0 Å². The molecule has 0 aliphatic rings. The van der Waals surface area contributed by atoms with Crippen LogP contribution in [0.3, 0.4) is 0 Å². The summed E-state index contributed by atoms with van der Waals surface area (Å²) in [6.45, 7) is 0. The molecular formula is C8H7NaO5S. The van der Waals surface area contributed by atoms with E-state index in [0.717, 1.165) is 12.1 Å². The van der Waals surface area contributed by atoms with Crippen LogP contribution in [0.5, 0.6) is 0 Å². The molecule has 0 saturated heterocycles. The van der Waals surface area contributed by atoms with Crippen LogP contribution in [0, 0.1) is 0 Å². The van der Waals surface area contributed by atoms with Crippen molar-refractivity contribution < 1.29 is 52.1 Å². The Hall–Kier alpha value is -0.400. The van der Waals surface area contributed by atoms with Gasteiger partial charge >= 0.3 is 35.5 Å². The van der Waals surface area contributed by atoms with E-state index in [1.54, 1.807) is 0 Å². The van der Waals surface area contributed by atoms with Gasteiger partial charge in [-0.3, -0.25) is 0 Å². The van der Waals surface area contributed by atoms with Crippen LogP contribution in [-0.4, -0.2) is 26.0 Å². The van der Waals surface area contributed by atoms with Crippen molar-refractivity contribution >= 4 is 16.1 Å². The van der Waals surface area contributed by atoms with Crippen molar-refractivity contribution in [3.8, 4) is 0 Å². The summed E-state index contributed by atoms with van der Waals surface area (Å²) in [5, 5.41) is 0.